The Morgan fingerprint density at radius 1 is 1.27 bits per heavy atom. The maximum absolute atomic E-state index is 13.2. The zero-order valence-corrected chi connectivity index (χ0v) is 16.3. The number of carbonyl (C=O) groups excluding carboxylic acids is 1. The lowest BCUT2D eigenvalue weighted by Crippen LogP contribution is -2.40. The van der Waals surface area contributed by atoms with E-state index in [1.165, 1.54) is 6.07 Å². The number of hydrogen-bond donors (Lipinski definition) is 0. The molecule has 7 heteroatoms. The molecule has 1 aromatic rings. The van der Waals surface area contributed by atoms with E-state index < -0.39 is 17.3 Å². The maximum atomic E-state index is 13.2. The van der Waals surface area contributed by atoms with E-state index in [9.17, 15) is 18.0 Å². The molecule has 26 heavy (non-hydrogen) atoms. The fourth-order valence-corrected chi connectivity index (χ4v) is 4.24. The van der Waals surface area contributed by atoms with Gasteiger partial charge in [-0.25, -0.2) is 0 Å². The predicted molar refractivity (Wildman–Crippen MR) is 97.9 cm³/mol. The van der Waals surface area contributed by atoms with Crippen LogP contribution in [0.3, 0.4) is 0 Å². The zero-order chi connectivity index (χ0) is 18.9. The molecular formula is C19H22BrF3N2O. The van der Waals surface area contributed by atoms with Crippen molar-refractivity contribution in [1.82, 2.24) is 4.90 Å². The summed E-state index contributed by atoms with van der Waals surface area (Å²) in [6.07, 6.45) is 1.57. The third-order valence-corrected chi connectivity index (χ3v) is 5.85. The summed E-state index contributed by atoms with van der Waals surface area (Å²) in [6.45, 7) is 2.21. The Hall–Kier alpha value is -1.37. The molecule has 1 aliphatic heterocycles. The molecule has 3 rings (SSSR count). The fourth-order valence-electron chi connectivity index (χ4n) is 3.77. The van der Waals surface area contributed by atoms with E-state index in [1.807, 2.05) is 0 Å². The third-order valence-electron chi connectivity index (χ3n) is 5.16. The van der Waals surface area contributed by atoms with Crippen molar-refractivity contribution in [3.8, 4) is 0 Å². The number of rotatable bonds is 5. The van der Waals surface area contributed by atoms with Gasteiger partial charge in [0.15, 0.2) is 0 Å². The highest BCUT2D eigenvalue weighted by Crippen LogP contribution is 2.41. The summed E-state index contributed by atoms with van der Waals surface area (Å²) in [4.78, 5) is 19.4. The number of alkyl halides is 3. The largest absolute Gasteiger partial charge is 0.417 e. The number of unbranched alkanes of at least 4 members (excludes halogenated alkanes) is 1. The van der Waals surface area contributed by atoms with Crippen LogP contribution in [0.1, 0.15) is 63.0 Å². The molecule has 0 atom stereocenters. The van der Waals surface area contributed by atoms with Gasteiger partial charge in [0, 0.05) is 10.9 Å². The molecule has 1 amide bonds. The van der Waals surface area contributed by atoms with Crippen LogP contribution in [0.4, 0.5) is 13.2 Å². The highest BCUT2D eigenvalue weighted by Gasteiger charge is 2.49. The number of carbonyl (C=O) groups is 1. The molecule has 0 saturated heterocycles. The molecular weight excluding hydrogens is 409 g/mol. The van der Waals surface area contributed by atoms with E-state index in [4.69, 9.17) is 4.99 Å². The molecule has 0 aromatic heterocycles. The summed E-state index contributed by atoms with van der Waals surface area (Å²) < 4.78 is 39.5. The van der Waals surface area contributed by atoms with Crippen molar-refractivity contribution in [2.45, 2.75) is 70.1 Å². The van der Waals surface area contributed by atoms with Crippen molar-refractivity contribution >= 4 is 27.7 Å². The van der Waals surface area contributed by atoms with Crippen molar-refractivity contribution in [2.75, 3.05) is 0 Å². The average Bonchev–Trinajstić information content (AvgIpc) is 3.15. The van der Waals surface area contributed by atoms with Crippen molar-refractivity contribution in [1.29, 1.82) is 0 Å². The first kappa shape index (κ1) is 19.4. The van der Waals surface area contributed by atoms with Gasteiger partial charge in [0.05, 0.1) is 12.1 Å². The molecule has 1 aromatic carbocycles. The minimum Gasteiger partial charge on any atom is -0.294 e. The molecule has 1 aliphatic carbocycles. The van der Waals surface area contributed by atoms with E-state index in [0.717, 1.165) is 50.4 Å². The smallest absolute Gasteiger partial charge is 0.294 e. The summed E-state index contributed by atoms with van der Waals surface area (Å²) >= 11 is 2.96. The highest BCUT2D eigenvalue weighted by molar-refractivity contribution is 9.10. The number of hydrogen-bond acceptors (Lipinski definition) is 2. The summed E-state index contributed by atoms with van der Waals surface area (Å²) in [5.41, 5.74) is -0.914. The first-order valence-corrected chi connectivity index (χ1v) is 9.82. The second kappa shape index (κ2) is 7.33. The van der Waals surface area contributed by atoms with Crippen LogP contribution in [0.2, 0.25) is 0 Å². The number of aliphatic imine (C=N–C) groups is 1. The predicted octanol–water partition coefficient (Wildman–Crippen LogP) is 5.71. The second-order valence-electron chi connectivity index (χ2n) is 7.07. The van der Waals surface area contributed by atoms with Crippen LogP contribution in [0.15, 0.2) is 27.7 Å². The van der Waals surface area contributed by atoms with Gasteiger partial charge in [0.1, 0.15) is 11.4 Å². The van der Waals surface area contributed by atoms with Crippen LogP contribution in [-0.2, 0) is 17.5 Å². The van der Waals surface area contributed by atoms with Gasteiger partial charge in [-0.2, -0.15) is 13.2 Å². The van der Waals surface area contributed by atoms with E-state index in [0.29, 0.717) is 12.0 Å². The molecule has 1 heterocycles. The molecule has 1 saturated carbocycles. The van der Waals surface area contributed by atoms with Crippen LogP contribution in [-0.4, -0.2) is 22.2 Å². The van der Waals surface area contributed by atoms with Gasteiger partial charge in [0.25, 0.3) is 5.91 Å². The summed E-state index contributed by atoms with van der Waals surface area (Å²) in [5.74, 6) is 0.688. The molecule has 1 fully saturated rings. The van der Waals surface area contributed by atoms with Crippen LogP contribution in [0.5, 0.6) is 0 Å². The Morgan fingerprint density at radius 2 is 1.96 bits per heavy atom. The molecule has 142 valence electrons. The Morgan fingerprint density at radius 3 is 2.58 bits per heavy atom. The number of halogens is 4. The van der Waals surface area contributed by atoms with Gasteiger partial charge in [-0.05, 0) is 37.0 Å². The van der Waals surface area contributed by atoms with Gasteiger partial charge in [0.2, 0.25) is 0 Å². The van der Waals surface area contributed by atoms with Crippen LogP contribution < -0.4 is 0 Å². The van der Waals surface area contributed by atoms with Gasteiger partial charge >= 0.3 is 6.18 Å². The molecule has 0 unspecified atom stereocenters. The molecule has 0 N–H and O–H groups in total. The number of nitrogens with zero attached hydrogens (tertiary/aromatic N) is 2. The number of amides is 1. The maximum Gasteiger partial charge on any atom is 0.417 e. The number of amidine groups is 1. The minimum atomic E-state index is -4.43. The van der Waals surface area contributed by atoms with Crippen molar-refractivity contribution in [3.63, 3.8) is 0 Å². The molecule has 0 radical (unpaired) electrons. The highest BCUT2D eigenvalue weighted by atomic mass is 79.9. The molecule has 2 aliphatic rings. The minimum absolute atomic E-state index is 0.00800. The van der Waals surface area contributed by atoms with Crippen LogP contribution >= 0.6 is 15.9 Å². The van der Waals surface area contributed by atoms with Crippen molar-refractivity contribution in [2.24, 2.45) is 4.99 Å². The van der Waals surface area contributed by atoms with Gasteiger partial charge in [-0.3, -0.25) is 14.7 Å². The summed E-state index contributed by atoms with van der Waals surface area (Å²) in [7, 11) is 0. The van der Waals surface area contributed by atoms with E-state index in [1.54, 1.807) is 11.0 Å². The second-order valence-corrected chi connectivity index (χ2v) is 7.93. The van der Waals surface area contributed by atoms with Crippen LogP contribution in [0, 0.1) is 0 Å². The first-order valence-electron chi connectivity index (χ1n) is 9.03. The van der Waals surface area contributed by atoms with Crippen molar-refractivity contribution < 1.29 is 18.0 Å². The Labute approximate surface area is 159 Å². The third kappa shape index (κ3) is 3.68. The first-order chi connectivity index (χ1) is 12.3. The Bertz CT molecular complexity index is 724. The fraction of sp³-hybridized carbons (Fsp3) is 0.579. The Balaban J connectivity index is 1.88. The average molecular weight is 431 g/mol. The standard InChI is InChI=1S/C19H22BrF3N2O/c1-2-3-6-16-24-18(9-4-5-10-18)17(26)25(16)12-13-7-8-15(20)14(11-13)19(21,22)23/h7-8,11H,2-6,9-10,12H2,1H3. The van der Waals surface area contributed by atoms with Gasteiger partial charge < -0.3 is 0 Å². The topological polar surface area (TPSA) is 32.7 Å². The van der Waals surface area contributed by atoms with E-state index in [-0.39, 0.29) is 16.9 Å². The molecule has 3 nitrogen and oxygen atoms in total. The van der Waals surface area contributed by atoms with E-state index in [2.05, 4.69) is 22.9 Å². The SMILES string of the molecule is CCCCC1=NC2(CCCC2)C(=O)N1Cc1ccc(Br)c(C(F)(F)F)c1. The van der Waals surface area contributed by atoms with Crippen molar-refractivity contribution in [3.05, 3.63) is 33.8 Å². The lowest BCUT2D eigenvalue weighted by Gasteiger charge is -2.23. The van der Waals surface area contributed by atoms with Gasteiger partial charge in [-0.1, -0.05) is 48.2 Å². The quantitative estimate of drug-likeness (QED) is 0.588. The van der Waals surface area contributed by atoms with Crippen LogP contribution in [0.25, 0.3) is 0 Å². The number of benzene rings is 1. The Kier molecular flexibility index (Phi) is 5.47. The van der Waals surface area contributed by atoms with Gasteiger partial charge in [-0.15, -0.1) is 0 Å². The summed E-state index contributed by atoms with van der Waals surface area (Å²) in [6, 6.07) is 4.14. The zero-order valence-electron chi connectivity index (χ0n) is 14.7. The monoisotopic (exact) mass is 430 g/mol. The molecule has 0 bridgehead atoms. The lowest BCUT2D eigenvalue weighted by atomic mass is 9.98. The normalized spacial score (nSPS) is 19.5. The lowest BCUT2D eigenvalue weighted by molar-refractivity contribution is -0.138. The van der Waals surface area contributed by atoms with E-state index >= 15 is 0 Å². The summed E-state index contributed by atoms with van der Waals surface area (Å²) in [5, 5.41) is 0. The molecule has 1 spiro atoms.